The molecule has 1 aromatic rings. The maximum Gasteiger partial charge on any atom is 0.328 e. The second-order valence-electron chi connectivity index (χ2n) is 4.51. The molecule has 0 spiro atoms. The summed E-state index contributed by atoms with van der Waals surface area (Å²) in [6.07, 6.45) is 3.31. The summed E-state index contributed by atoms with van der Waals surface area (Å²) >= 11 is 6.12. The number of carboxylic acids is 1. The molecular formula is C14H15ClO3. The van der Waals surface area contributed by atoms with E-state index >= 15 is 0 Å². The van der Waals surface area contributed by atoms with E-state index in [0.717, 1.165) is 29.5 Å². The topological polar surface area (TPSA) is 46.5 Å². The molecule has 0 bridgehead atoms. The lowest BCUT2D eigenvalue weighted by Crippen LogP contribution is -1.98. The van der Waals surface area contributed by atoms with E-state index in [9.17, 15) is 4.79 Å². The first-order chi connectivity index (χ1) is 8.52. The number of carboxylic acid groups (broad SMARTS) is 1. The lowest BCUT2D eigenvalue weighted by molar-refractivity contribution is -0.131. The lowest BCUT2D eigenvalue weighted by atomic mass is 9.98. The van der Waals surface area contributed by atoms with Crippen molar-refractivity contribution in [3.63, 3.8) is 0 Å². The van der Waals surface area contributed by atoms with Gasteiger partial charge in [0, 0.05) is 16.7 Å². The van der Waals surface area contributed by atoms with Gasteiger partial charge in [0.1, 0.15) is 5.75 Å². The first kappa shape index (κ1) is 13.0. The van der Waals surface area contributed by atoms with Crippen molar-refractivity contribution < 1.29 is 14.6 Å². The molecule has 1 fully saturated rings. The molecule has 0 radical (unpaired) electrons. The number of allylic oxidation sites excluding steroid dienone is 1. The summed E-state index contributed by atoms with van der Waals surface area (Å²) < 4.78 is 5.33. The van der Waals surface area contributed by atoms with Crippen molar-refractivity contribution in [2.45, 2.75) is 19.8 Å². The average Bonchev–Trinajstić information content (AvgIpc) is 3.13. The fourth-order valence-corrected chi connectivity index (χ4v) is 2.16. The maximum atomic E-state index is 10.9. The third-order valence-electron chi connectivity index (χ3n) is 3.09. The van der Waals surface area contributed by atoms with Gasteiger partial charge in [0.2, 0.25) is 0 Å². The Morgan fingerprint density at radius 2 is 2.17 bits per heavy atom. The molecule has 1 aliphatic rings. The van der Waals surface area contributed by atoms with E-state index in [-0.39, 0.29) is 0 Å². The number of hydrogen-bond acceptors (Lipinski definition) is 2. The highest BCUT2D eigenvalue weighted by Gasteiger charge is 2.29. The van der Waals surface area contributed by atoms with E-state index in [1.165, 1.54) is 6.08 Å². The van der Waals surface area contributed by atoms with Crippen LogP contribution in [0.4, 0.5) is 0 Å². The largest absolute Gasteiger partial charge is 0.496 e. The van der Waals surface area contributed by atoms with Crippen LogP contribution < -0.4 is 4.74 Å². The monoisotopic (exact) mass is 266 g/mol. The highest BCUT2D eigenvalue weighted by atomic mass is 35.5. The van der Waals surface area contributed by atoms with Crippen molar-refractivity contribution in [1.82, 2.24) is 0 Å². The number of rotatable bonds is 4. The van der Waals surface area contributed by atoms with Crippen molar-refractivity contribution in [3.8, 4) is 5.75 Å². The molecule has 1 aliphatic carbocycles. The molecule has 1 saturated carbocycles. The van der Waals surface area contributed by atoms with Gasteiger partial charge in [-0.2, -0.15) is 0 Å². The smallest absolute Gasteiger partial charge is 0.328 e. The van der Waals surface area contributed by atoms with E-state index in [1.807, 2.05) is 13.0 Å². The minimum Gasteiger partial charge on any atom is -0.496 e. The zero-order valence-electron chi connectivity index (χ0n) is 10.4. The zero-order chi connectivity index (χ0) is 13.3. The van der Waals surface area contributed by atoms with Gasteiger partial charge in [-0.25, -0.2) is 4.79 Å². The van der Waals surface area contributed by atoms with E-state index in [0.29, 0.717) is 16.7 Å². The van der Waals surface area contributed by atoms with Crippen molar-refractivity contribution in [2.75, 3.05) is 7.11 Å². The van der Waals surface area contributed by atoms with Gasteiger partial charge in [-0.3, -0.25) is 0 Å². The highest BCUT2D eigenvalue weighted by Crippen LogP contribution is 2.45. The second-order valence-corrected chi connectivity index (χ2v) is 4.92. The van der Waals surface area contributed by atoms with Crippen molar-refractivity contribution >= 4 is 23.1 Å². The summed E-state index contributed by atoms with van der Waals surface area (Å²) in [5.41, 5.74) is 2.52. The van der Waals surface area contributed by atoms with Gasteiger partial charge in [-0.15, -0.1) is 0 Å². The predicted octanol–water partition coefficient (Wildman–Crippen LogP) is 3.54. The molecule has 0 aliphatic heterocycles. The number of ether oxygens (including phenoxy) is 1. The summed E-state index contributed by atoms with van der Waals surface area (Å²) in [6, 6.07) is 3.64. The normalized spacial score (nSPS) is 15.6. The Bertz CT molecular complexity index is 516. The number of benzene rings is 1. The summed E-state index contributed by atoms with van der Waals surface area (Å²) in [4.78, 5) is 10.9. The van der Waals surface area contributed by atoms with Crippen LogP contribution >= 0.6 is 11.6 Å². The average molecular weight is 267 g/mol. The molecule has 18 heavy (non-hydrogen) atoms. The number of methoxy groups -OCH3 is 1. The predicted molar refractivity (Wildman–Crippen MR) is 71.1 cm³/mol. The van der Waals surface area contributed by atoms with E-state index in [1.54, 1.807) is 13.2 Å². The quantitative estimate of drug-likeness (QED) is 0.848. The Morgan fingerprint density at radius 1 is 1.50 bits per heavy atom. The molecule has 2 rings (SSSR count). The molecule has 0 atom stereocenters. The summed E-state index contributed by atoms with van der Waals surface area (Å²) in [7, 11) is 1.58. The van der Waals surface area contributed by atoms with Crippen LogP contribution in [0.5, 0.6) is 5.75 Å². The lowest BCUT2D eigenvalue weighted by Gasteiger charge is -2.13. The van der Waals surface area contributed by atoms with Crippen LogP contribution in [0.25, 0.3) is 5.57 Å². The molecule has 0 unspecified atom stereocenters. The maximum absolute atomic E-state index is 10.9. The van der Waals surface area contributed by atoms with E-state index < -0.39 is 5.97 Å². The minimum atomic E-state index is -0.935. The van der Waals surface area contributed by atoms with Crippen LogP contribution in [0.15, 0.2) is 18.2 Å². The number of hydrogen-bond donors (Lipinski definition) is 1. The van der Waals surface area contributed by atoms with Crippen molar-refractivity contribution in [1.29, 1.82) is 0 Å². The molecule has 1 aromatic carbocycles. The second kappa shape index (κ2) is 5.02. The Morgan fingerprint density at radius 3 is 2.67 bits per heavy atom. The van der Waals surface area contributed by atoms with Crippen LogP contribution in [-0.4, -0.2) is 18.2 Å². The number of halogens is 1. The first-order valence-electron chi connectivity index (χ1n) is 5.82. The summed E-state index contributed by atoms with van der Waals surface area (Å²) in [6.45, 7) is 1.90. The number of carbonyl (C=O) groups is 1. The molecule has 3 nitrogen and oxygen atoms in total. The molecule has 0 heterocycles. The minimum absolute atomic E-state index is 0.314. The number of aryl methyl sites for hydroxylation is 1. The van der Waals surface area contributed by atoms with E-state index in [2.05, 4.69) is 0 Å². The molecule has 0 amide bonds. The summed E-state index contributed by atoms with van der Waals surface area (Å²) in [5.74, 6) is 0.0562. The molecular weight excluding hydrogens is 252 g/mol. The molecule has 1 N–H and O–H groups in total. The van der Waals surface area contributed by atoms with Crippen LogP contribution in [0, 0.1) is 12.8 Å². The zero-order valence-corrected chi connectivity index (χ0v) is 11.1. The molecule has 0 aromatic heterocycles. The van der Waals surface area contributed by atoms with Gasteiger partial charge in [0.25, 0.3) is 0 Å². The van der Waals surface area contributed by atoms with Gasteiger partial charge in [0.05, 0.1) is 7.11 Å². The van der Waals surface area contributed by atoms with E-state index in [4.69, 9.17) is 21.4 Å². The fraction of sp³-hybridized carbons (Fsp3) is 0.357. The SMILES string of the molecule is COc1cc(C)c(Cl)cc1/C(=C/C(=O)O)C1CC1. The third-order valence-corrected chi connectivity index (χ3v) is 3.50. The Hall–Kier alpha value is -1.48. The van der Waals surface area contributed by atoms with Crippen molar-refractivity contribution in [2.24, 2.45) is 5.92 Å². The standard InChI is InChI=1S/C14H15ClO3/c1-8-5-13(18-2)11(6-12(8)15)10(7-14(16)17)9-3-4-9/h5-7,9H,3-4H2,1-2H3,(H,16,17)/b10-7+. The Labute approximate surface area is 111 Å². The van der Waals surface area contributed by atoms with Gasteiger partial charge in [-0.1, -0.05) is 11.6 Å². The Balaban J connectivity index is 2.53. The van der Waals surface area contributed by atoms with Gasteiger partial charge in [0.15, 0.2) is 0 Å². The highest BCUT2D eigenvalue weighted by molar-refractivity contribution is 6.31. The Kier molecular flexibility index (Phi) is 3.62. The first-order valence-corrected chi connectivity index (χ1v) is 6.19. The van der Waals surface area contributed by atoms with Crippen LogP contribution in [0.1, 0.15) is 24.0 Å². The fourth-order valence-electron chi connectivity index (χ4n) is 1.99. The van der Waals surface area contributed by atoms with Crippen molar-refractivity contribution in [3.05, 3.63) is 34.4 Å². The number of aliphatic carboxylic acids is 1. The van der Waals surface area contributed by atoms with Gasteiger partial charge < -0.3 is 9.84 Å². The van der Waals surface area contributed by atoms with Gasteiger partial charge >= 0.3 is 5.97 Å². The van der Waals surface area contributed by atoms with Crippen LogP contribution in [0.2, 0.25) is 5.02 Å². The molecule has 0 saturated heterocycles. The summed E-state index contributed by atoms with van der Waals surface area (Å²) in [5, 5.41) is 9.59. The third kappa shape index (κ3) is 2.67. The van der Waals surface area contributed by atoms with Crippen LogP contribution in [-0.2, 0) is 4.79 Å². The molecule has 4 heteroatoms. The van der Waals surface area contributed by atoms with Gasteiger partial charge in [-0.05, 0) is 49.0 Å². The van der Waals surface area contributed by atoms with Crippen LogP contribution in [0.3, 0.4) is 0 Å². The molecule has 96 valence electrons.